The number of unbranched alkanes of at least 4 members (excludes halogenated alkanes) is 1. The minimum atomic E-state index is -3.69. The number of hydrogen-bond acceptors (Lipinski definition) is 5. The van der Waals surface area contributed by atoms with Crippen molar-refractivity contribution >= 4 is 27.5 Å². The van der Waals surface area contributed by atoms with Crippen molar-refractivity contribution in [2.75, 3.05) is 30.1 Å². The number of nitrogens with zero attached hydrogens (tertiary/aromatic N) is 3. The van der Waals surface area contributed by atoms with Crippen LogP contribution in [0.5, 0.6) is 0 Å². The number of rotatable bonds is 17. The number of carbonyl (C=O) groups is 2. The van der Waals surface area contributed by atoms with Crippen LogP contribution in [0.2, 0.25) is 0 Å². The van der Waals surface area contributed by atoms with Crippen LogP contribution in [0.15, 0.2) is 89.7 Å². The van der Waals surface area contributed by atoms with Crippen LogP contribution in [0, 0.1) is 0 Å². The van der Waals surface area contributed by atoms with Crippen LogP contribution in [0.25, 0.3) is 16.9 Å². The first kappa shape index (κ1) is 35.2. The Labute approximate surface area is 277 Å². The molecule has 2 N–H and O–H groups in total. The number of nitrogens with one attached hydrogen (secondary N) is 2. The van der Waals surface area contributed by atoms with E-state index in [0.717, 1.165) is 19.3 Å². The zero-order valence-corrected chi connectivity index (χ0v) is 28.3. The Morgan fingerprint density at radius 2 is 1.45 bits per heavy atom. The molecular weight excluding hydrogens is 614 g/mol. The number of sulfonamides is 1. The Bertz CT molecular complexity index is 1800. The number of hydrogen-bond donors (Lipinski definition) is 2. The minimum Gasteiger partial charge on any atom is -0.352 e. The number of aromatic nitrogens is 2. The number of amides is 2. The maximum absolute atomic E-state index is 14.6. The highest BCUT2D eigenvalue weighted by atomic mass is 32.2. The van der Waals surface area contributed by atoms with Crippen LogP contribution < -0.4 is 15.7 Å². The molecule has 0 fully saturated rings. The predicted octanol–water partition coefficient (Wildman–Crippen LogP) is 5.93. The van der Waals surface area contributed by atoms with Crippen molar-refractivity contribution in [3.8, 4) is 16.9 Å². The average Bonchev–Trinajstić information content (AvgIpc) is 3.36. The monoisotopic (exact) mass is 659 g/mol. The fourth-order valence-electron chi connectivity index (χ4n) is 5.51. The van der Waals surface area contributed by atoms with Gasteiger partial charge in [-0.2, -0.15) is 0 Å². The van der Waals surface area contributed by atoms with Crippen molar-refractivity contribution in [2.45, 2.75) is 59.4 Å². The summed E-state index contributed by atoms with van der Waals surface area (Å²) in [7, 11) is -3.69. The quantitative estimate of drug-likeness (QED) is 0.136. The number of imidazole rings is 1. The second kappa shape index (κ2) is 16.8. The predicted molar refractivity (Wildman–Crippen MR) is 188 cm³/mol. The van der Waals surface area contributed by atoms with Crippen molar-refractivity contribution < 1.29 is 18.0 Å². The lowest BCUT2D eigenvalue weighted by atomic mass is 10.1. The molecule has 47 heavy (non-hydrogen) atoms. The molecule has 2 amide bonds. The number of benzene rings is 3. The summed E-state index contributed by atoms with van der Waals surface area (Å²) in [5.41, 5.74) is 1.86. The van der Waals surface area contributed by atoms with Gasteiger partial charge in [0.2, 0.25) is 10.0 Å². The Morgan fingerprint density at radius 3 is 2.11 bits per heavy atom. The molecule has 0 radical (unpaired) electrons. The summed E-state index contributed by atoms with van der Waals surface area (Å²) in [5.74, 6) is -0.573. The maximum Gasteiger partial charge on any atom is 0.333 e. The van der Waals surface area contributed by atoms with E-state index in [-0.39, 0.29) is 42.0 Å². The molecule has 11 heteroatoms. The third-order valence-corrected chi connectivity index (χ3v) is 9.19. The van der Waals surface area contributed by atoms with E-state index in [0.29, 0.717) is 48.4 Å². The first-order valence-corrected chi connectivity index (χ1v) is 18.0. The van der Waals surface area contributed by atoms with Gasteiger partial charge in [-0.3, -0.25) is 23.4 Å². The summed E-state index contributed by atoms with van der Waals surface area (Å²) in [6.45, 7) is 7.35. The fraction of sp³-hybridized carbons (Fsp3) is 0.361. The van der Waals surface area contributed by atoms with Crippen molar-refractivity contribution in [1.29, 1.82) is 0 Å². The number of para-hydroxylation sites is 2. The van der Waals surface area contributed by atoms with Crippen LogP contribution in [0.1, 0.15) is 73.7 Å². The lowest BCUT2D eigenvalue weighted by molar-refractivity contribution is 0.0742. The molecule has 1 heterocycles. The molecule has 0 saturated heterocycles. The lowest BCUT2D eigenvalue weighted by Gasteiger charge is -2.23. The molecule has 3 aromatic carbocycles. The molecule has 0 aliphatic rings. The molecule has 0 spiro atoms. The van der Waals surface area contributed by atoms with E-state index >= 15 is 0 Å². The molecule has 1 aromatic heterocycles. The highest BCUT2D eigenvalue weighted by molar-refractivity contribution is 7.92. The molecule has 250 valence electrons. The Morgan fingerprint density at radius 1 is 0.787 bits per heavy atom. The zero-order chi connectivity index (χ0) is 33.8. The van der Waals surface area contributed by atoms with E-state index in [1.807, 2.05) is 43.3 Å². The summed E-state index contributed by atoms with van der Waals surface area (Å²) in [5, 5.41) is 2.91. The standard InChI is InChI=1S/C36H45N5O5S/c1-4-7-25-39(24-5-2)35(43)33-32(28-17-10-8-11-18-28)41(31-22-15-14-21-30(31)38-47(45,46)27-6-3)36(44)40(33)26-16-23-37-34(42)29-19-12-9-13-20-29/h8-15,17-22,38H,4-7,16,23-27H2,1-3H3,(H,37,42). The summed E-state index contributed by atoms with van der Waals surface area (Å²) in [6.07, 6.45) is 3.26. The van der Waals surface area contributed by atoms with Crippen molar-refractivity contribution in [1.82, 2.24) is 19.4 Å². The summed E-state index contributed by atoms with van der Waals surface area (Å²) in [4.78, 5) is 43.6. The SMILES string of the molecule is CCCCN(CCC)C(=O)c1c(-c2ccccc2)n(-c2ccccc2NS(=O)(=O)CCC)c(=O)n1CCCNC(=O)c1ccccc1. The second-order valence-electron chi connectivity index (χ2n) is 11.4. The summed E-state index contributed by atoms with van der Waals surface area (Å²) < 4.78 is 31.4. The van der Waals surface area contributed by atoms with Gasteiger partial charge in [-0.1, -0.05) is 87.9 Å². The Hall–Kier alpha value is -4.64. The molecule has 10 nitrogen and oxygen atoms in total. The van der Waals surface area contributed by atoms with E-state index in [9.17, 15) is 22.8 Å². The molecular formula is C36H45N5O5S. The largest absolute Gasteiger partial charge is 0.352 e. The van der Waals surface area contributed by atoms with Gasteiger partial charge in [-0.05, 0) is 49.9 Å². The van der Waals surface area contributed by atoms with Crippen molar-refractivity contribution in [2.24, 2.45) is 0 Å². The van der Waals surface area contributed by atoms with Gasteiger partial charge in [0.15, 0.2) is 0 Å². The second-order valence-corrected chi connectivity index (χ2v) is 13.2. The van der Waals surface area contributed by atoms with Crippen LogP contribution in [0.4, 0.5) is 5.69 Å². The van der Waals surface area contributed by atoms with Gasteiger partial charge >= 0.3 is 5.69 Å². The molecule has 4 rings (SSSR count). The van der Waals surface area contributed by atoms with Gasteiger partial charge in [0.25, 0.3) is 11.8 Å². The highest BCUT2D eigenvalue weighted by Gasteiger charge is 2.31. The Balaban J connectivity index is 1.88. The van der Waals surface area contributed by atoms with Crippen LogP contribution >= 0.6 is 0 Å². The average molecular weight is 660 g/mol. The smallest absolute Gasteiger partial charge is 0.333 e. The third kappa shape index (κ3) is 8.79. The first-order valence-electron chi connectivity index (χ1n) is 16.4. The van der Waals surface area contributed by atoms with Gasteiger partial charge in [-0.25, -0.2) is 13.2 Å². The normalized spacial score (nSPS) is 11.3. The maximum atomic E-state index is 14.6. The third-order valence-electron chi connectivity index (χ3n) is 7.72. The molecule has 0 saturated carbocycles. The van der Waals surface area contributed by atoms with E-state index in [1.165, 1.54) is 9.13 Å². The topological polar surface area (TPSA) is 123 Å². The molecule has 0 atom stereocenters. The first-order chi connectivity index (χ1) is 22.7. The van der Waals surface area contributed by atoms with Crippen molar-refractivity contribution in [3.63, 3.8) is 0 Å². The molecule has 4 aromatic rings. The molecule has 0 bridgehead atoms. The molecule has 0 unspecified atom stereocenters. The van der Waals surface area contributed by atoms with Gasteiger partial charge in [0.05, 0.1) is 22.8 Å². The lowest BCUT2D eigenvalue weighted by Crippen LogP contribution is -2.36. The fourth-order valence-corrected chi connectivity index (χ4v) is 6.66. The van der Waals surface area contributed by atoms with Crippen molar-refractivity contribution in [3.05, 3.63) is 107 Å². The number of anilines is 1. The van der Waals surface area contributed by atoms with E-state index < -0.39 is 15.7 Å². The van der Waals surface area contributed by atoms with Crippen LogP contribution in [0.3, 0.4) is 0 Å². The number of carbonyl (C=O) groups excluding carboxylic acids is 2. The minimum absolute atomic E-state index is 0.0787. The zero-order valence-electron chi connectivity index (χ0n) is 27.4. The highest BCUT2D eigenvalue weighted by Crippen LogP contribution is 2.31. The van der Waals surface area contributed by atoms with Gasteiger partial charge < -0.3 is 10.2 Å². The van der Waals surface area contributed by atoms with Crippen LogP contribution in [-0.2, 0) is 16.6 Å². The molecule has 0 aliphatic carbocycles. The molecule has 0 aliphatic heterocycles. The van der Waals surface area contributed by atoms with Gasteiger partial charge in [0, 0.05) is 37.3 Å². The summed E-state index contributed by atoms with van der Waals surface area (Å²) >= 11 is 0. The van der Waals surface area contributed by atoms with Gasteiger partial charge in [0.1, 0.15) is 5.69 Å². The van der Waals surface area contributed by atoms with Gasteiger partial charge in [-0.15, -0.1) is 0 Å². The van der Waals surface area contributed by atoms with Crippen LogP contribution in [-0.4, -0.2) is 59.7 Å². The van der Waals surface area contributed by atoms with E-state index in [1.54, 1.807) is 60.4 Å². The van der Waals surface area contributed by atoms with E-state index in [4.69, 9.17) is 0 Å². The summed E-state index contributed by atoms with van der Waals surface area (Å²) in [6, 6.07) is 24.8. The van der Waals surface area contributed by atoms with E-state index in [2.05, 4.69) is 17.0 Å². The Kier molecular flexibility index (Phi) is 12.6.